The van der Waals surface area contributed by atoms with Crippen molar-refractivity contribution in [3.05, 3.63) is 83.9 Å². The van der Waals surface area contributed by atoms with Gasteiger partial charge in [0.25, 0.3) is 15.9 Å². The van der Waals surface area contributed by atoms with Crippen LogP contribution in [-0.2, 0) is 10.0 Å². The van der Waals surface area contributed by atoms with Gasteiger partial charge in [0.1, 0.15) is 11.5 Å². The van der Waals surface area contributed by atoms with Crippen LogP contribution in [0.15, 0.2) is 77.7 Å². The fourth-order valence-electron chi connectivity index (χ4n) is 3.52. The molecule has 1 unspecified atom stereocenters. The van der Waals surface area contributed by atoms with Crippen molar-refractivity contribution >= 4 is 21.6 Å². The molecule has 3 aromatic carbocycles. The summed E-state index contributed by atoms with van der Waals surface area (Å²) in [5, 5.41) is 3.01. The molecule has 1 aliphatic rings. The Balaban J connectivity index is 1.44. The Hall–Kier alpha value is -3.52. The lowest BCUT2D eigenvalue weighted by atomic mass is 10.00. The van der Waals surface area contributed by atoms with Crippen LogP contribution < -0.4 is 19.5 Å². The molecule has 166 valence electrons. The molecule has 1 amide bonds. The zero-order valence-corrected chi connectivity index (χ0v) is 18.4. The second-order valence-electron chi connectivity index (χ2n) is 7.29. The van der Waals surface area contributed by atoms with Gasteiger partial charge >= 0.3 is 0 Å². The lowest BCUT2D eigenvalue weighted by Gasteiger charge is -2.26. The van der Waals surface area contributed by atoms with Gasteiger partial charge in [-0.3, -0.25) is 9.52 Å². The molecule has 0 bridgehead atoms. The minimum absolute atomic E-state index is 0.0688. The number of anilines is 1. The molecule has 1 aliphatic heterocycles. The number of sulfonamides is 1. The SMILES string of the molecule is CCOc1ccc(NS(=O)(=O)c2ccc(C(=O)NC3CCOc4ccccc43)cc2)cc1. The third-order valence-electron chi connectivity index (χ3n) is 5.11. The topological polar surface area (TPSA) is 93.7 Å². The van der Waals surface area contributed by atoms with E-state index in [-0.39, 0.29) is 16.8 Å². The minimum Gasteiger partial charge on any atom is -0.494 e. The van der Waals surface area contributed by atoms with Crippen LogP contribution >= 0.6 is 0 Å². The van der Waals surface area contributed by atoms with E-state index in [1.807, 2.05) is 31.2 Å². The molecule has 0 aromatic heterocycles. The first-order chi connectivity index (χ1) is 15.5. The number of hydrogen-bond acceptors (Lipinski definition) is 5. The van der Waals surface area contributed by atoms with Gasteiger partial charge in [0.05, 0.1) is 24.2 Å². The normalized spacial score (nSPS) is 15.2. The van der Waals surface area contributed by atoms with Crippen LogP contribution in [-0.4, -0.2) is 27.5 Å². The molecule has 4 rings (SSSR count). The van der Waals surface area contributed by atoms with Crippen LogP contribution in [0.3, 0.4) is 0 Å². The number of carbonyl (C=O) groups excluding carboxylic acids is 1. The Morgan fingerprint density at radius 2 is 1.75 bits per heavy atom. The van der Waals surface area contributed by atoms with Crippen molar-refractivity contribution in [2.45, 2.75) is 24.3 Å². The van der Waals surface area contributed by atoms with Crippen molar-refractivity contribution in [1.29, 1.82) is 0 Å². The number of ether oxygens (including phenoxy) is 2. The maximum atomic E-state index is 12.7. The molecule has 0 radical (unpaired) electrons. The number of hydrogen-bond donors (Lipinski definition) is 2. The zero-order chi connectivity index (χ0) is 22.6. The summed E-state index contributed by atoms with van der Waals surface area (Å²) < 4.78 is 38.9. The average Bonchev–Trinajstić information content (AvgIpc) is 2.81. The van der Waals surface area contributed by atoms with Gasteiger partial charge in [-0.2, -0.15) is 0 Å². The summed E-state index contributed by atoms with van der Waals surface area (Å²) >= 11 is 0. The predicted molar refractivity (Wildman–Crippen MR) is 122 cm³/mol. The standard InChI is InChI=1S/C24H24N2O5S/c1-2-30-19-11-9-18(10-12-19)26-32(28,29)20-13-7-17(8-14-20)24(27)25-22-15-16-31-23-6-4-3-5-21(22)23/h3-14,22,26H,2,15-16H2,1H3,(H,25,27). The van der Waals surface area contributed by atoms with E-state index >= 15 is 0 Å². The van der Waals surface area contributed by atoms with Gasteiger partial charge in [0.2, 0.25) is 0 Å². The van der Waals surface area contributed by atoms with Gasteiger partial charge in [-0.05, 0) is 61.5 Å². The number of amides is 1. The molecule has 32 heavy (non-hydrogen) atoms. The van der Waals surface area contributed by atoms with Crippen molar-refractivity contribution in [3.8, 4) is 11.5 Å². The molecular formula is C24H24N2O5S. The first-order valence-corrected chi connectivity index (χ1v) is 11.8. The van der Waals surface area contributed by atoms with Gasteiger partial charge in [0, 0.05) is 23.2 Å². The number of fused-ring (bicyclic) bond motifs is 1. The van der Waals surface area contributed by atoms with E-state index < -0.39 is 10.0 Å². The maximum Gasteiger partial charge on any atom is 0.261 e. The van der Waals surface area contributed by atoms with E-state index in [2.05, 4.69) is 10.0 Å². The zero-order valence-electron chi connectivity index (χ0n) is 17.6. The molecule has 7 nitrogen and oxygen atoms in total. The highest BCUT2D eigenvalue weighted by molar-refractivity contribution is 7.92. The van der Waals surface area contributed by atoms with E-state index in [0.717, 1.165) is 11.3 Å². The highest BCUT2D eigenvalue weighted by Gasteiger charge is 2.23. The van der Waals surface area contributed by atoms with Crippen LogP contribution in [0.4, 0.5) is 5.69 Å². The van der Waals surface area contributed by atoms with Crippen LogP contribution in [0.1, 0.15) is 35.3 Å². The van der Waals surface area contributed by atoms with Gasteiger partial charge in [0.15, 0.2) is 0 Å². The van der Waals surface area contributed by atoms with Crippen molar-refractivity contribution in [1.82, 2.24) is 5.32 Å². The molecule has 1 atom stereocenters. The minimum atomic E-state index is -3.79. The summed E-state index contributed by atoms with van der Waals surface area (Å²) in [6, 6.07) is 20.0. The van der Waals surface area contributed by atoms with Crippen molar-refractivity contribution < 1.29 is 22.7 Å². The fourth-order valence-corrected chi connectivity index (χ4v) is 4.58. The Kier molecular flexibility index (Phi) is 6.32. The Bertz CT molecular complexity index is 1190. The highest BCUT2D eigenvalue weighted by atomic mass is 32.2. The molecular weight excluding hydrogens is 428 g/mol. The molecule has 0 saturated heterocycles. The lowest BCUT2D eigenvalue weighted by Crippen LogP contribution is -2.32. The summed E-state index contributed by atoms with van der Waals surface area (Å²) in [6.45, 7) is 2.94. The molecule has 0 fully saturated rings. The summed E-state index contributed by atoms with van der Waals surface area (Å²) in [5.41, 5.74) is 1.74. The molecule has 3 aromatic rings. The Labute approximate surface area is 187 Å². The van der Waals surface area contributed by atoms with Crippen molar-refractivity contribution in [2.24, 2.45) is 0 Å². The number of para-hydroxylation sites is 1. The average molecular weight is 453 g/mol. The van der Waals surface area contributed by atoms with E-state index in [1.165, 1.54) is 24.3 Å². The monoisotopic (exact) mass is 452 g/mol. The summed E-state index contributed by atoms with van der Waals surface area (Å²) in [7, 11) is -3.79. The summed E-state index contributed by atoms with van der Waals surface area (Å²) in [5.74, 6) is 1.17. The lowest BCUT2D eigenvalue weighted by molar-refractivity contribution is 0.0924. The number of rotatable bonds is 7. The summed E-state index contributed by atoms with van der Waals surface area (Å²) in [4.78, 5) is 12.8. The second kappa shape index (κ2) is 9.32. The fraction of sp³-hybridized carbons (Fsp3) is 0.208. The quantitative estimate of drug-likeness (QED) is 0.562. The molecule has 8 heteroatoms. The third-order valence-corrected chi connectivity index (χ3v) is 6.51. The number of carbonyl (C=O) groups is 1. The van der Waals surface area contributed by atoms with E-state index in [4.69, 9.17) is 9.47 Å². The van der Waals surface area contributed by atoms with Crippen LogP contribution in [0.2, 0.25) is 0 Å². The van der Waals surface area contributed by atoms with Gasteiger partial charge in [-0.25, -0.2) is 8.42 Å². The van der Waals surface area contributed by atoms with Crippen molar-refractivity contribution in [2.75, 3.05) is 17.9 Å². The van der Waals surface area contributed by atoms with E-state index in [1.54, 1.807) is 24.3 Å². The van der Waals surface area contributed by atoms with Gasteiger partial charge < -0.3 is 14.8 Å². The number of benzene rings is 3. The van der Waals surface area contributed by atoms with E-state index in [0.29, 0.717) is 36.6 Å². The van der Waals surface area contributed by atoms with Crippen LogP contribution in [0.25, 0.3) is 0 Å². The predicted octanol–water partition coefficient (Wildman–Crippen LogP) is 4.14. The van der Waals surface area contributed by atoms with Crippen LogP contribution in [0.5, 0.6) is 11.5 Å². The molecule has 0 aliphatic carbocycles. The van der Waals surface area contributed by atoms with Crippen molar-refractivity contribution in [3.63, 3.8) is 0 Å². The Morgan fingerprint density at radius 3 is 2.47 bits per heavy atom. The molecule has 1 heterocycles. The first-order valence-electron chi connectivity index (χ1n) is 10.3. The number of nitrogens with one attached hydrogen (secondary N) is 2. The Morgan fingerprint density at radius 1 is 1.03 bits per heavy atom. The van der Waals surface area contributed by atoms with Gasteiger partial charge in [-0.1, -0.05) is 18.2 Å². The van der Waals surface area contributed by atoms with Crippen LogP contribution in [0, 0.1) is 0 Å². The third kappa shape index (κ3) is 4.86. The smallest absolute Gasteiger partial charge is 0.261 e. The first kappa shape index (κ1) is 21.7. The largest absolute Gasteiger partial charge is 0.494 e. The molecule has 0 saturated carbocycles. The highest BCUT2D eigenvalue weighted by Crippen LogP contribution is 2.31. The molecule has 0 spiro atoms. The van der Waals surface area contributed by atoms with Gasteiger partial charge in [-0.15, -0.1) is 0 Å². The van der Waals surface area contributed by atoms with E-state index in [9.17, 15) is 13.2 Å². The second-order valence-corrected chi connectivity index (χ2v) is 8.97. The molecule has 2 N–H and O–H groups in total. The maximum absolute atomic E-state index is 12.7. The summed E-state index contributed by atoms with van der Waals surface area (Å²) in [6.07, 6.45) is 0.668.